The van der Waals surface area contributed by atoms with Crippen molar-refractivity contribution in [2.75, 3.05) is 25.7 Å². The second-order valence-corrected chi connectivity index (χ2v) is 5.79. The van der Waals surface area contributed by atoms with E-state index in [0.717, 1.165) is 23.5 Å². The summed E-state index contributed by atoms with van der Waals surface area (Å²) >= 11 is 1.78. The Balaban J connectivity index is 2.26. The maximum Gasteiger partial charge on any atom is 0.238 e. The number of benzene rings is 1. The zero-order chi connectivity index (χ0) is 14.5. The van der Waals surface area contributed by atoms with Gasteiger partial charge in [-0.25, -0.2) is 0 Å². The average Bonchev–Trinajstić information content (AvgIpc) is 2.86. The maximum absolute atomic E-state index is 12.2. The van der Waals surface area contributed by atoms with Crippen LogP contribution >= 0.6 is 11.8 Å². The molecule has 1 aliphatic rings. The molecule has 0 radical (unpaired) electrons. The topological polar surface area (TPSA) is 41.6 Å². The predicted octanol–water partition coefficient (Wildman–Crippen LogP) is 2.27. The van der Waals surface area contributed by atoms with Gasteiger partial charge in [0.15, 0.2) is 0 Å². The van der Waals surface area contributed by atoms with Crippen molar-refractivity contribution in [2.45, 2.75) is 25.6 Å². The Kier molecular flexibility index (Phi) is 5.31. The van der Waals surface area contributed by atoms with Crippen LogP contribution in [0, 0.1) is 0 Å². The van der Waals surface area contributed by atoms with Gasteiger partial charge in [0, 0.05) is 11.8 Å². The van der Waals surface area contributed by atoms with Crippen molar-refractivity contribution in [3.8, 4) is 5.75 Å². The molecule has 110 valence electrons. The van der Waals surface area contributed by atoms with Crippen LogP contribution in [0.3, 0.4) is 0 Å². The first-order valence-corrected chi connectivity index (χ1v) is 8.28. The van der Waals surface area contributed by atoms with Crippen LogP contribution in [0.5, 0.6) is 5.75 Å². The van der Waals surface area contributed by atoms with Gasteiger partial charge in [0.1, 0.15) is 11.9 Å². The van der Waals surface area contributed by atoms with Gasteiger partial charge in [0.05, 0.1) is 13.7 Å². The Bertz CT molecular complexity index is 467. The third-order valence-electron chi connectivity index (χ3n) is 3.65. The van der Waals surface area contributed by atoms with Crippen molar-refractivity contribution in [1.29, 1.82) is 0 Å². The lowest BCUT2D eigenvalue weighted by atomic mass is 10.1. The highest BCUT2D eigenvalue weighted by Gasteiger charge is 2.35. The SMILES string of the molecule is CCC(CSC)N1C(=O)CNC1c1cccc(OC)c1. The van der Waals surface area contributed by atoms with E-state index in [9.17, 15) is 4.79 Å². The number of rotatable bonds is 6. The average molecular weight is 294 g/mol. The first kappa shape index (κ1) is 15.2. The molecule has 0 bridgehead atoms. The summed E-state index contributed by atoms with van der Waals surface area (Å²) in [5.41, 5.74) is 1.08. The predicted molar refractivity (Wildman–Crippen MR) is 83.0 cm³/mol. The number of hydrogen-bond acceptors (Lipinski definition) is 4. The lowest BCUT2D eigenvalue weighted by Gasteiger charge is -2.32. The highest BCUT2D eigenvalue weighted by Crippen LogP contribution is 2.29. The highest BCUT2D eigenvalue weighted by molar-refractivity contribution is 7.98. The summed E-state index contributed by atoms with van der Waals surface area (Å²) in [6, 6.07) is 8.19. The third kappa shape index (κ3) is 3.10. The van der Waals surface area contributed by atoms with Crippen LogP contribution in [-0.2, 0) is 4.79 Å². The van der Waals surface area contributed by atoms with E-state index in [1.54, 1.807) is 18.9 Å². The minimum atomic E-state index is -0.0466. The molecule has 0 aliphatic carbocycles. The molecule has 2 atom stereocenters. The van der Waals surface area contributed by atoms with E-state index in [0.29, 0.717) is 6.54 Å². The first-order valence-electron chi connectivity index (χ1n) is 6.88. The number of ether oxygens (including phenoxy) is 1. The smallest absolute Gasteiger partial charge is 0.238 e. The van der Waals surface area contributed by atoms with Gasteiger partial charge in [-0.15, -0.1) is 0 Å². The van der Waals surface area contributed by atoms with E-state index in [1.165, 1.54) is 0 Å². The monoisotopic (exact) mass is 294 g/mol. The zero-order valence-corrected chi connectivity index (χ0v) is 13.1. The number of nitrogens with zero attached hydrogens (tertiary/aromatic N) is 1. The van der Waals surface area contributed by atoms with E-state index in [4.69, 9.17) is 4.74 Å². The summed E-state index contributed by atoms with van der Waals surface area (Å²) in [6.45, 7) is 2.54. The molecule has 20 heavy (non-hydrogen) atoms. The standard InChI is InChI=1S/C15H22N2O2S/c1-4-12(10-20-3)17-14(18)9-16-15(17)11-6-5-7-13(8-11)19-2/h5-8,12,15-16H,4,9-10H2,1-3H3. The second kappa shape index (κ2) is 6.99. The van der Waals surface area contributed by atoms with Gasteiger partial charge < -0.3 is 9.64 Å². The summed E-state index contributed by atoms with van der Waals surface area (Å²) in [4.78, 5) is 14.2. The molecule has 1 aliphatic heterocycles. The van der Waals surface area contributed by atoms with Crippen molar-refractivity contribution >= 4 is 17.7 Å². The van der Waals surface area contributed by atoms with Gasteiger partial charge in [-0.1, -0.05) is 19.1 Å². The lowest BCUT2D eigenvalue weighted by molar-refractivity contribution is -0.130. The first-order chi connectivity index (χ1) is 9.71. The van der Waals surface area contributed by atoms with Crippen LogP contribution in [0.25, 0.3) is 0 Å². The normalized spacial score (nSPS) is 20.2. The van der Waals surface area contributed by atoms with Crippen LogP contribution in [0.15, 0.2) is 24.3 Å². The van der Waals surface area contributed by atoms with E-state index in [1.807, 2.05) is 29.2 Å². The molecule has 1 aromatic carbocycles. The van der Waals surface area contributed by atoms with Gasteiger partial charge in [-0.05, 0) is 30.4 Å². The second-order valence-electron chi connectivity index (χ2n) is 4.88. The minimum Gasteiger partial charge on any atom is -0.497 e. The molecule has 2 unspecified atom stereocenters. The highest BCUT2D eigenvalue weighted by atomic mass is 32.2. The number of thioether (sulfide) groups is 1. The van der Waals surface area contributed by atoms with Crippen molar-refractivity contribution in [3.05, 3.63) is 29.8 Å². The number of methoxy groups -OCH3 is 1. The fourth-order valence-electron chi connectivity index (χ4n) is 2.61. The summed E-state index contributed by atoms with van der Waals surface area (Å²) in [6.07, 6.45) is 3.00. The number of carbonyl (C=O) groups excluding carboxylic acids is 1. The Labute approximate surface area is 124 Å². The molecule has 4 nitrogen and oxygen atoms in total. The van der Waals surface area contributed by atoms with Crippen LogP contribution < -0.4 is 10.1 Å². The fourth-order valence-corrected chi connectivity index (χ4v) is 3.39. The Morgan fingerprint density at radius 2 is 2.35 bits per heavy atom. The van der Waals surface area contributed by atoms with Gasteiger partial charge in [0.25, 0.3) is 0 Å². The molecule has 0 spiro atoms. The van der Waals surface area contributed by atoms with Gasteiger partial charge in [0.2, 0.25) is 5.91 Å². The Morgan fingerprint density at radius 1 is 1.55 bits per heavy atom. The number of amides is 1. The molecule has 1 N–H and O–H groups in total. The summed E-state index contributed by atoms with van der Waals surface area (Å²) in [5, 5.41) is 3.31. The van der Waals surface area contributed by atoms with E-state index in [2.05, 4.69) is 18.5 Å². The van der Waals surface area contributed by atoms with Crippen molar-refractivity contribution in [1.82, 2.24) is 10.2 Å². The third-order valence-corrected chi connectivity index (χ3v) is 4.36. The molecule has 0 aromatic heterocycles. The van der Waals surface area contributed by atoms with E-state index < -0.39 is 0 Å². The van der Waals surface area contributed by atoms with Gasteiger partial charge in [-0.3, -0.25) is 10.1 Å². The number of nitrogens with one attached hydrogen (secondary N) is 1. The molecule has 2 rings (SSSR count). The fraction of sp³-hybridized carbons (Fsp3) is 0.533. The maximum atomic E-state index is 12.2. The van der Waals surface area contributed by atoms with Crippen LogP contribution in [-0.4, -0.2) is 42.5 Å². The van der Waals surface area contributed by atoms with Gasteiger partial charge >= 0.3 is 0 Å². The Hall–Kier alpha value is -1.20. The molecule has 1 fully saturated rings. The zero-order valence-electron chi connectivity index (χ0n) is 12.3. The molecule has 1 amide bonds. The van der Waals surface area contributed by atoms with Crippen molar-refractivity contribution in [3.63, 3.8) is 0 Å². The van der Waals surface area contributed by atoms with Crippen LogP contribution in [0.2, 0.25) is 0 Å². The lowest BCUT2D eigenvalue weighted by Crippen LogP contribution is -2.40. The Morgan fingerprint density at radius 3 is 3.00 bits per heavy atom. The molecular weight excluding hydrogens is 272 g/mol. The molecule has 0 saturated carbocycles. The van der Waals surface area contributed by atoms with Gasteiger partial charge in [-0.2, -0.15) is 11.8 Å². The van der Waals surface area contributed by atoms with Crippen molar-refractivity contribution < 1.29 is 9.53 Å². The number of hydrogen-bond donors (Lipinski definition) is 1. The summed E-state index contributed by atoms with van der Waals surface area (Å²) < 4.78 is 5.28. The molecule has 1 aromatic rings. The minimum absolute atomic E-state index is 0.0466. The summed E-state index contributed by atoms with van der Waals surface area (Å²) in [7, 11) is 1.66. The van der Waals surface area contributed by atoms with E-state index in [-0.39, 0.29) is 18.1 Å². The van der Waals surface area contributed by atoms with Crippen LogP contribution in [0.4, 0.5) is 0 Å². The van der Waals surface area contributed by atoms with Crippen LogP contribution in [0.1, 0.15) is 25.1 Å². The van der Waals surface area contributed by atoms with E-state index >= 15 is 0 Å². The quantitative estimate of drug-likeness (QED) is 0.874. The summed E-state index contributed by atoms with van der Waals surface area (Å²) in [5.74, 6) is 1.96. The largest absolute Gasteiger partial charge is 0.497 e. The molecular formula is C15H22N2O2S. The molecule has 1 saturated heterocycles. The number of carbonyl (C=O) groups is 1. The van der Waals surface area contributed by atoms with Crippen molar-refractivity contribution in [2.24, 2.45) is 0 Å². The molecule has 1 heterocycles. The molecule has 5 heteroatoms.